The first kappa shape index (κ1) is 13.9. The summed E-state index contributed by atoms with van der Waals surface area (Å²) in [5.41, 5.74) is -0.404. The minimum atomic E-state index is -3.87. The van der Waals surface area contributed by atoms with E-state index in [4.69, 9.17) is 0 Å². The molecule has 1 aliphatic rings. The van der Waals surface area contributed by atoms with Gasteiger partial charge < -0.3 is 5.32 Å². The van der Waals surface area contributed by atoms with Gasteiger partial charge in [0.15, 0.2) is 4.90 Å². The predicted octanol–water partition coefficient (Wildman–Crippen LogP) is 0.625. The Kier molecular flexibility index (Phi) is 4.13. The Morgan fingerprint density at radius 1 is 1.37 bits per heavy atom. The average molecular weight is 285 g/mol. The van der Waals surface area contributed by atoms with Gasteiger partial charge in [0.25, 0.3) is 5.69 Å². The number of hydrogen-bond acceptors (Lipinski definition) is 5. The molecule has 7 nitrogen and oxygen atoms in total. The first-order valence-electron chi connectivity index (χ1n) is 5.97. The molecule has 0 bridgehead atoms. The van der Waals surface area contributed by atoms with Crippen molar-refractivity contribution in [2.45, 2.75) is 23.8 Å². The number of nitrogens with one attached hydrogen (secondary N) is 2. The normalized spacial score (nSPS) is 20.1. The van der Waals surface area contributed by atoms with Crippen LogP contribution in [0.25, 0.3) is 0 Å². The van der Waals surface area contributed by atoms with Crippen molar-refractivity contribution in [2.75, 3.05) is 13.1 Å². The molecule has 2 rings (SSSR count). The zero-order valence-corrected chi connectivity index (χ0v) is 11.0. The molecule has 1 aliphatic heterocycles. The third-order valence-electron chi connectivity index (χ3n) is 2.97. The topological polar surface area (TPSA) is 101 Å². The molecule has 1 aromatic carbocycles. The van der Waals surface area contributed by atoms with E-state index in [2.05, 4.69) is 10.0 Å². The Bertz CT molecular complexity index is 567. The smallest absolute Gasteiger partial charge is 0.289 e. The van der Waals surface area contributed by atoms with Crippen LogP contribution >= 0.6 is 0 Å². The fourth-order valence-corrected chi connectivity index (χ4v) is 3.51. The zero-order valence-electron chi connectivity index (χ0n) is 10.2. The summed E-state index contributed by atoms with van der Waals surface area (Å²) < 4.78 is 26.9. The summed E-state index contributed by atoms with van der Waals surface area (Å²) >= 11 is 0. The van der Waals surface area contributed by atoms with Crippen LogP contribution in [0, 0.1) is 10.1 Å². The quantitative estimate of drug-likeness (QED) is 0.624. The number of hydrogen-bond donors (Lipinski definition) is 2. The Labute approximate surface area is 111 Å². The molecular weight excluding hydrogens is 270 g/mol. The number of benzene rings is 1. The molecular formula is C11H15N3O4S. The molecule has 1 saturated heterocycles. The number of rotatable bonds is 4. The number of sulfonamides is 1. The number of nitro benzene ring substituents is 1. The third kappa shape index (κ3) is 3.28. The average Bonchev–Trinajstić information content (AvgIpc) is 2.39. The molecule has 2 N–H and O–H groups in total. The van der Waals surface area contributed by atoms with E-state index < -0.39 is 20.6 Å². The van der Waals surface area contributed by atoms with Gasteiger partial charge in [0.05, 0.1) is 4.92 Å². The van der Waals surface area contributed by atoms with Gasteiger partial charge in [-0.25, -0.2) is 13.1 Å². The molecule has 0 saturated carbocycles. The first-order valence-corrected chi connectivity index (χ1v) is 7.45. The summed E-state index contributed by atoms with van der Waals surface area (Å²) in [6.45, 7) is 1.41. The molecule has 1 aromatic rings. The Balaban J connectivity index is 2.26. The lowest BCUT2D eigenvalue weighted by Crippen LogP contribution is -2.45. The maximum atomic E-state index is 12.2. The van der Waals surface area contributed by atoms with Gasteiger partial charge in [-0.15, -0.1) is 0 Å². The lowest BCUT2D eigenvalue weighted by molar-refractivity contribution is -0.387. The van der Waals surface area contributed by atoms with Gasteiger partial charge in [-0.1, -0.05) is 12.1 Å². The minimum absolute atomic E-state index is 0.224. The Morgan fingerprint density at radius 2 is 2.11 bits per heavy atom. The van der Waals surface area contributed by atoms with Crippen LogP contribution in [-0.4, -0.2) is 32.5 Å². The second-order valence-electron chi connectivity index (χ2n) is 4.39. The van der Waals surface area contributed by atoms with E-state index >= 15 is 0 Å². The number of piperidine rings is 1. The standard InChI is InChI=1S/C11H15N3O4S/c15-14(16)10-5-1-2-6-11(10)19(17,18)13-9-4-3-7-12-8-9/h1-2,5-6,9,12-13H,3-4,7-8H2/t9-/m1/s1. The molecule has 0 aromatic heterocycles. The Hall–Kier alpha value is -1.51. The third-order valence-corrected chi connectivity index (χ3v) is 4.54. The van der Waals surface area contributed by atoms with Crippen molar-refractivity contribution < 1.29 is 13.3 Å². The van der Waals surface area contributed by atoms with E-state index in [0.29, 0.717) is 6.54 Å². The van der Waals surface area contributed by atoms with Crippen LogP contribution in [0.5, 0.6) is 0 Å². The minimum Gasteiger partial charge on any atom is -0.315 e. The highest BCUT2D eigenvalue weighted by Crippen LogP contribution is 2.23. The van der Waals surface area contributed by atoms with E-state index in [9.17, 15) is 18.5 Å². The van der Waals surface area contributed by atoms with Crippen LogP contribution in [-0.2, 0) is 10.0 Å². The van der Waals surface area contributed by atoms with Gasteiger partial charge in [-0.05, 0) is 25.5 Å². The molecule has 0 radical (unpaired) electrons. The van der Waals surface area contributed by atoms with Crippen LogP contribution in [0.4, 0.5) is 5.69 Å². The summed E-state index contributed by atoms with van der Waals surface area (Å²) in [4.78, 5) is 9.89. The van der Waals surface area contributed by atoms with Crippen molar-refractivity contribution >= 4 is 15.7 Å². The van der Waals surface area contributed by atoms with Crippen molar-refractivity contribution in [1.82, 2.24) is 10.0 Å². The highest BCUT2D eigenvalue weighted by Gasteiger charge is 2.28. The molecule has 0 unspecified atom stereocenters. The number of nitro groups is 1. The molecule has 1 heterocycles. The molecule has 0 spiro atoms. The fraction of sp³-hybridized carbons (Fsp3) is 0.455. The molecule has 0 amide bonds. The van der Waals surface area contributed by atoms with Crippen LogP contribution in [0.1, 0.15) is 12.8 Å². The molecule has 19 heavy (non-hydrogen) atoms. The van der Waals surface area contributed by atoms with E-state index in [1.54, 1.807) is 0 Å². The van der Waals surface area contributed by atoms with Crippen LogP contribution in [0.3, 0.4) is 0 Å². The van der Waals surface area contributed by atoms with Gasteiger partial charge >= 0.3 is 0 Å². The van der Waals surface area contributed by atoms with Gasteiger partial charge in [0.1, 0.15) is 0 Å². The molecule has 104 valence electrons. The van der Waals surface area contributed by atoms with Crippen molar-refractivity contribution in [3.8, 4) is 0 Å². The maximum absolute atomic E-state index is 12.2. The molecule has 1 atom stereocenters. The summed E-state index contributed by atoms with van der Waals surface area (Å²) in [5, 5.41) is 13.9. The molecule has 0 aliphatic carbocycles. The second-order valence-corrected chi connectivity index (χ2v) is 6.07. The van der Waals surface area contributed by atoms with Crippen LogP contribution in [0.2, 0.25) is 0 Å². The lowest BCUT2D eigenvalue weighted by Gasteiger charge is -2.23. The van der Waals surface area contributed by atoms with Crippen molar-refractivity contribution in [2.24, 2.45) is 0 Å². The van der Waals surface area contributed by atoms with Crippen LogP contribution in [0.15, 0.2) is 29.2 Å². The SMILES string of the molecule is O=[N+]([O-])c1ccccc1S(=O)(=O)N[C@@H]1CCCNC1. The molecule has 8 heteroatoms. The van der Waals surface area contributed by atoms with E-state index in [1.807, 2.05) is 0 Å². The highest BCUT2D eigenvalue weighted by atomic mass is 32.2. The maximum Gasteiger partial charge on any atom is 0.289 e. The summed E-state index contributed by atoms with van der Waals surface area (Å²) in [6, 6.07) is 5.13. The van der Waals surface area contributed by atoms with Gasteiger partial charge in [0.2, 0.25) is 10.0 Å². The largest absolute Gasteiger partial charge is 0.315 e. The van der Waals surface area contributed by atoms with E-state index in [-0.39, 0.29) is 10.9 Å². The summed E-state index contributed by atoms with van der Waals surface area (Å²) in [5.74, 6) is 0. The van der Waals surface area contributed by atoms with E-state index in [0.717, 1.165) is 19.4 Å². The predicted molar refractivity (Wildman–Crippen MR) is 69.3 cm³/mol. The molecule has 1 fully saturated rings. The Morgan fingerprint density at radius 3 is 2.74 bits per heavy atom. The van der Waals surface area contributed by atoms with Crippen molar-refractivity contribution in [3.63, 3.8) is 0 Å². The fourth-order valence-electron chi connectivity index (χ4n) is 2.07. The van der Waals surface area contributed by atoms with Crippen molar-refractivity contribution in [3.05, 3.63) is 34.4 Å². The van der Waals surface area contributed by atoms with Gasteiger partial charge in [0, 0.05) is 18.7 Å². The number of para-hydroxylation sites is 1. The first-order chi connectivity index (χ1) is 9.00. The van der Waals surface area contributed by atoms with Gasteiger partial charge in [-0.2, -0.15) is 0 Å². The van der Waals surface area contributed by atoms with Crippen LogP contribution < -0.4 is 10.0 Å². The summed E-state index contributed by atoms with van der Waals surface area (Å²) in [6.07, 6.45) is 1.61. The highest BCUT2D eigenvalue weighted by molar-refractivity contribution is 7.89. The number of nitrogens with zero attached hydrogens (tertiary/aromatic N) is 1. The second kappa shape index (κ2) is 5.64. The van der Waals surface area contributed by atoms with Crippen molar-refractivity contribution in [1.29, 1.82) is 0 Å². The lowest BCUT2D eigenvalue weighted by atomic mass is 10.1. The van der Waals surface area contributed by atoms with Gasteiger partial charge in [-0.3, -0.25) is 10.1 Å². The monoisotopic (exact) mass is 285 g/mol. The summed E-state index contributed by atoms with van der Waals surface area (Å²) in [7, 11) is -3.87. The zero-order chi connectivity index (χ0) is 13.9. The van der Waals surface area contributed by atoms with E-state index in [1.165, 1.54) is 24.3 Å².